The summed E-state index contributed by atoms with van der Waals surface area (Å²) in [6, 6.07) is 14.5. The van der Waals surface area contributed by atoms with Crippen LogP contribution in [0.3, 0.4) is 0 Å². The van der Waals surface area contributed by atoms with Crippen LogP contribution in [-0.4, -0.2) is 18.1 Å². The zero-order valence-corrected chi connectivity index (χ0v) is 13.1. The highest BCUT2D eigenvalue weighted by Gasteiger charge is 2.15. The summed E-state index contributed by atoms with van der Waals surface area (Å²) < 4.78 is 5.06. The van der Waals surface area contributed by atoms with Gasteiger partial charge in [0, 0.05) is 12.1 Å². The van der Waals surface area contributed by atoms with Crippen molar-refractivity contribution in [1.29, 1.82) is 0 Å². The van der Waals surface area contributed by atoms with Gasteiger partial charge in [0.2, 0.25) is 0 Å². The van der Waals surface area contributed by atoms with Gasteiger partial charge in [-0.2, -0.15) is 0 Å². The van der Waals surface area contributed by atoms with E-state index in [9.17, 15) is 9.90 Å². The first-order valence-corrected chi connectivity index (χ1v) is 7.14. The maximum atomic E-state index is 12.1. The topological polar surface area (TPSA) is 58.6 Å². The Morgan fingerprint density at radius 3 is 2.18 bits per heavy atom. The number of methoxy groups -OCH3 is 1. The minimum absolute atomic E-state index is 0.130. The smallest absolute Gasteiger partial charge is 0.251 e. The molecule has 4 heteroatoms. The Balaban J connectivity index is 1.95. The highest BCUT2D eigenvalue weighted by Crippen LogP contribution is 2.19. The van der Waals surface area contributed by atoms with E-state index in [2.05, 4.69) is 5.32 Å². The van der Waals surface area contributed by atoms with Crippen molar-refractivity contribution in [3.63, 3.8) is 0 Å². The molecule has 2 N–H and O–H groups in total. The largest absolute Gasteiger partial charge is 0.497 e. The molecule has 0 saturated carbocycles. The zero-order chi connectivity index (χ0) is 16.2. The third-order valence-corrected chi connectivity index (χ3v) is 3.47. The number of aliphatic hydroxyl groups is 1. The van der Waals surface area contributed by atoms with Crippen molar-refractivity contribution in [2.75, 3.05) is 7.11 Å². The van der Waals surface area contributed by atoms with E-state index in [1.54, 1.807) is 45.2 Å². The molecular weight excluding hydrogens is 278 g/mol. The first kappa shape index (κ1) is 16.0. The predicted molar refractivity (Wildman–Crippen MR) is 85.9 cm³/mol. The zero-order valence-electron chi connectivity index (χ0n) is 13.1. The minimum atomic E-state index is -0.856. The molecule has 0 fully saturated rings. The van der Waals surface area contributed by atoms with Crippen molar-refractivity contribution in [1.82, 2.24) is 5.32 Å². The SMILES string of the molecule is COc1ccc(C(=O)NCc2ccc(C(C)(C)O)cc2)cc1. The molecule has 0 aliphatic heterocycles. The fourth-order valence-electron chi connectivity index (χ4n) is 2.06. The van der Waals surface area contributed by atoms with Gasteiger partial charge in [-0.05, 0) is 49.2 Å². The van der Waals surface area contributed by atoms with Crippen LogP contribution < -0.4 is 10.1 Å². The second-order valence-corrected chi connectivity index (χ2v) is 5.67. The van der Waals surface area contributed by atoms with Crippen LogP contribution in [0.4, 0.5) is 0 Å². The molecule has 4 nitrogen and oxygen atoms in total. The summed E-state index contributed by atoms with van der Waals surface area (Å²) in [5, 5.41) is 12.8. The number of carbonyl (C=O) groups is 1. The predicted octanol–water partition coefficient (Wildman–Crippen LogP) is 2.85. The Morgan fingerprint density at radius 2 is 1.68 bits per heavy atom. The second-order valence-electron chi connectivity index (χ2n) is 5.67. The molecular formula is C18H21NO3. The first-order valence-electron chi connectivity index (χ1n) is 7.14. The molecule has 0 aliphatic rings. The van der Waals surface area contributed by atoms with Gasteiger partial charge >= 0.3 is 0 Å². The van der Waals surface area contributed by atoms with Crippen molar-refractivity contribution in [2.24, 2.45) is 0 Å². The lowest BCUT2D eigenvalue weighted by Gasteiger charge is -2.18. The Hall–Kier alpha value is -2.33. The molecule has 0 radical (unpaired) electrons. The lowest BCUT2D eigenvalue weighted by molar-refractivity contribution is 0.0785. The van der Waals surface area contributed by atoms with Crippen molar-refractivity contribution in [2.45, 2.75) is 26.0 Å². The minimum Gasteiger partial charge on any atom is -0.497 e. The third-order valence-electron chi connectivity index (χ3n) is 3.47. The van der Waals surface area contributed by atoms with Crippen LogP contribution in [0.5, 0.6) is 5.75 Å². The quantitative estimate of drug-likeness (QED) is 0.892. The van der Waals surface area contributed by atoms with Gasteiger partial charge in [-0.1, -0.05) is 24.3 Å². The summed E-state index contributed by atoms with van der Waals surface area (Å²) in [5.41, 5.74) is 1.56. The maximum Gasteiger partial charge on any atom is 0.251 e. The Bertz CT molecular complexity index is 625. The van der Waals surface area contributed by atoms with Crippen LogP contribution in [0, 0.1) is 0 Å². The lowest BCUT2D eigenvalue weighted by atomic mass is 9.97. The third kappa shape index (κ3) is 4.09. The Morgan fingerprint density at radius 1 is 1.09 bits per heavy atom. The van der Waals surface area contributed by atoms with Gasteiger partial charge in [0.1, 0.15) is 5.75 Å². The van der Waals surface area contributed by atoms with Gasteiger partial charge in [0.25, 0.3) is 5.91 Å². The molecule has 1 amide bonds. The van der Waals surface area contributed by atoms with E-state index in [0.29, 0.717) is 12.1 Å². The van der Waals surface area contributed by atoms with Crippen molar-refractivity contribution >= 4 is 5.91 Å². The number of amides is 1. The van der Waals surface area contributed by atoms with Crippen molar-refractivity contribution in [3.8, 4) is 5.75 Å². The molecule has 2 aromatic carbocycles. The standard InChI is InChI=1S/C18H21NO3/c1-18(2,21)15-8-4-13(5-9-15)12-19-17(20)14-6-10-16(22-3)11-7-14/h4-11,21H,12H2,1-3H3,(H,19,20). The van der Waals surface area contributed by atoms with Crippen LogP contribution in [-0.2, 0) is 12.1 Å². The van der Waals surface area contributed by atoms with Gasteiger partial charge in [0.15, 0.2) is 0 Å². The molecule has 0 atom stereocenters. The summed E-state index contributed by atoms with van der Waals surface area (Å²) in [6.45, 7) is 3.93. The van der Waals surface area contributed by atoms with Crippen LogP contribution >= 0.6 is 0 Å². The average molecular weight is 299 g/mol. The summed E-state index contributed by atoms with van der Waals surface area (Å²) >= 11 is 0. The number of benzene rings is 2. The van der Waals surface area contributed by atoms with E-state index in [1.165, 1.54) is 0 Å². The molecule has 22 heavy (non-hydrogen) atoms. The summed E-state index contributed by atoms with van der Waals surface area (Å²) in [4.78, 5) is 12.1. The molecule has 0 heterocycles. The van der Waals surface area contributed by atoms with E-state index < -0.39 is 5.60 Å². The van der Waals surface area contributed by atoms with E-state index in [4.69, 9.17) is 4.74 Å². The van der Waals surface area contributed by atoms with E-state index in [0.717, 1.165) is 16.9 Å². The van der Waals surface area contributed by atoms with E-state index in [-0.39, 0.29) is 5.91 Å². The maximum absolute atomic E-state index is 12.1. The summed E-state index contributed by atoms with van der Waals surface area (Å²) in [6.07, 6.45) is 0. The Labute approximate surface area is 130 Å². The highest BCUT2D eigenvalue weighted by atomic mass is 16.5. The fraction of sp³-hybridized carbons (Fsp3) is 0.278. The van der Waals surface area contributed by atoms with E-state index in [1.807, 2.05) is 24.3 Å². The molecule has 0 unspecified atom stereocenters. The molecule has 0 aliphatic carbocycles. The molecule has 0 bridgehead atoms. The van der Waals surface area contributed by atoms with Gasteiger partial charge in [-0.15, -0.1) is 0 Å². The van der Waals surface area contributed by atoms with Crippen LogP contribution in [0.1, 0.15) is 35.3 Å². The highest BCUT2D eigenvalue weighted by molar-refractivity contribution is 5.94. The number of nitrogens with one attached hydrogen (secondary N) is 1. The number of ether oxygens (including phenoxy) is 1. The molecule has 2 aromatic rings. The number of hydrogen-bond donors (Lipinski definition) is 2. The monoisotopic (exact) mass is 299 g/mol. The second kappa shape index (κ2) is 6.62. The molecule has 2 rings (SSSR count). The van der Waals surface area contributed by atoms with Crippen molar-refractivity contribution in [3.05, 3.63) is 65.2 Å². The fourth-order valence-corrected chi connectivity index (χ4v) is 2.06. The summed E-state index contributed by atoms with van der Waals surface area (Å²) in [5.74, 6) is 0.591. The Kier molecular flexibility index (Phi) is 4.83. The molecule has 116 valence electrons. The van der Waals surface area contributed by atoms with Gasteiger partial charge in [-0.3, -0.25) is 4.79 Å². The van der Waals surface area contributed by atoms with E-state index >= 15 is 0 Å². The van der Waals surface area contributed by atoms with Gasteiger partial charge in [-0.25, -0.2) is 0 Å². The summed E-state index contributed by atoms with van der Waals surface area (Å²) in [7, 11) is 1.59. The number of hydrogen-bond acceptors (Lipinski definition) is 3. The molecule has 0 spiro atoms. The molecule has 0 aromatic heterocycles. The van der Waals surface area contributed by atoms with Crippen molar-refractivity contribution < 1.29 is 14.6 Å². The normalized spacial score (nSPS) is 11.1. The average Bonchev–Trinajstić information content (AvgIpc) is 2.52. The number of carbonyl (C=O) groups excluding carboxylic acids is 1. The van der Waals surface area contributed by atoms with Crippen LogP contribution in [0.25, 0.3) is 0 Å². The lowest BCUT2D eigenvalue weighted by Crippen LogP contribution is -2.23. The molecule has 0 saturated heterocycles. The first-order chi connectivity index (χ1) is 10.4. The van der Waals surface area contributed by atoms with Crippen LogP contribution in [0.15, 0.2) is 48.5 Å². The van der Waals surface area contributed by atoms with Gasteiger partial charge < -0.3 is 15.2 Å². The van der Waals surface area contributed by atoms with Gasteiger partial charge in [0.05, 0.1) is 12.7 Å². The van der Waals surface area contributed by atoms with Crippen LogP contribution in [0.2, 0.25) is 0 Å². The number of rotatable bonds is 5.